The van der Waals surface area contributed by atoms with E-state index in [0.29, 0.717) is 6.54 Å². The highest BCUT2D eigenvalue weighted by Gasteiger charge is 2.49. The number of carbonyl (C=O) groups is 1. The fourth-order valence-corrected chi connectivity index (χ4v) is 2.57. The quantitative estimate of drug-likeness (QED) is 0.765. The van der Waals surface area contributed by atoms with E-state index < -0.39 is 11.5 Å². The van der Waals surface area contributed by atoms with Gasteiger partial charge in [0.05, 0.1) is 0 Å². The molecule has 110 valence electrons. The topological polar surface area (TPSA) is 66.6 Å². The minimum absolute atomic E-state index is 0.118. The molecule has 1 aromatic carbocycles. The van der Waals surface area contributed by atoms with Gasteiger partial charge >= 0.3 is 5.97 Å². The zero-order valence-electron chi connectivity index (χ0n) is 12.1. The predicted molar refractivity (Wildman–Crippen MR) is 80.8 cm³/mol. The van der Waals surface area contributed by atoms with Crippen molar-refractivity contribution in [1.29, 1.82) is 0 Å². The van der Waals surface area contributed by atoms with E-state index in [1.54, 1.807) is 0 Å². The number of unbranched alkanes of at least 4 members (excludes halogenated alkanes) is 1. The average Bonchev–Trinajstić information content (AvgIpc) is 3.29. The lowest BCUT2D eigenvalue weighted by Crippen LogP contribution is -2.58. The second kappa shape index (κ2) is 6.27. The minimum atomic E-state index is -1.12. The molecule has 2 rings (SSSR count). The summed E-state index contributed by atoms with van der Waals surface area (Å²) in [5.74, 6) is -0.759. The first-order valence-corrected chi connectivity index (χ1v) is 7.40. The third-order valence-electron chi connectivity index (χ3n) is 4.06. The summed E-state index contributed by atoms with van der Waals surface area (Å²) in [4.78, 5) is 13.7. The number of hydrogen-bond donors (Lipinski definition) is 2. The van der Waals surface area contributed by atoms with Crippen LogP contribution in [0.3, 0.4) is 0 Å². The average molecular weight is 276 g/mol. The van der Waals surface area contributed by atoms with E-state index in [1.807, 2.05) is 30.3 Å². The van der Waals surface area contributed by atoms with Gasteiger partial charge in [0.15, 0.2) is 0 Å². The summed E-state index contributed by atoms with van der Waals surface area (Å²) in [5.41, 5.74) is 6.15. The maximum Gasteiger partial charge on any atom is 0.325 e. The van der Waals surface area contributed by atoms with Crippen LogP contribution in [0.2, 0.25) is 0 Å². The van der Waals surface area contributed by atoms with Crippen LogP contribution in [0.4, 0.5) is 5.69 Å². The van der Waals surface area contributed by atoms with Crippen molar-refractivity contribution in [3.63, 3.8) is 0 Å². The predicted octanol–water partition coefficient (Wildman–Crippen LogP) is 2.49. The molecule has 0 spiro atoms. The van der Waals surface area contributed by atoms with E-state index in [9.17, 15) is 9.90 Å². The van der Waals surface area contributed by atoms with Gasteiger partial charge in [0, 0.05) is 18.8 Å². The first-order chi connectivity index (χ1) is 9.58. The zero-order valence-corrected chi connectivity index (χ0v) is 12.1. The van der Waals surface area contributed by atoms with Crippen molar-refractivity contribution < 1.29 is 9.90 Å². The van der Waals surface area contributed by atoms with E-state index in [0.717, 1.165) is 37.9 Å². The molecule has 3 N–H and O–H groups in total. The molecule has 1 aliphatic rings. The lowest BCUT2D eigenvalue weighted by atomic mass is 9.93. The summed E-state index contributed by atoms with van der Waals surface area (Å²) >= 11 is 0. The molecule has 0 radical (unpaired) electrons. The molecule has 0 amide bonds. The van der Waals surface area contributed by atoms with Crippen molar-refractivity contribution >= 4 is 11.7 Å². The van der Waals surface area contributed by atoms with Gasteiger partial charge in [0.25, 0.3) is 0 Å². The van der Waals surface area contributed by atoms with Gasteiger partial charge in [-0.2, -0.15) is 0 Å². The van der Waals surface area contributed by atoms with Crippen LogP contribution in [0.1, 0.15) is 32.6 Å². The van der Waals surface area contributed by atoms with E-state index in [4.69, 9.17) is 5.73 Å². The fourth-order valence-electron chi connectivity index (χ4n) is 2.57. The molecule has 0 heterocycles. The number of carboxylic acids is 1. The van der Waals surface area contributed by atoms with Crippen molar-refractivity contribution in [2.45, 2.75) is 38.1 Å². The van der Waals surface area contributed by atoms with Gasteiger partial charge in [-0.3, -0.25) is 4.79 Å². The van der Waals surface area contributed by atoms with Gasteiger partial charge in [-0.15, -0.1) is 0 Å². The third-order valence-corrected chi connectivity index (χ3v) is 4.06. The smallest absolute Gasteiger partial charge is 0.325 e. The van der Waals surface area contributed by atoms with Crippen molar-refractivity contribution in [3.05, 3.63) is 30.3 Å². The van der Waals surface area contributed by atoms with Gasteiger partial charge < -0.3 is 15.7 Å². The van der Waals surface area contributed by atoms with Crippen LogP contribution in [0.15, 0.2) is 30.3 Å². The van der Waals surface area contributed by atoms with Crippen LogP contribution in [0.5, 0.6) is 0 Å². The number of nitrogens with two attached hydrogens (primary N) is 1. The number of para-hydroxylation sites is 1. The van der Waals surface area contributed by atoms with Crippen molar-refractivity contribution in [2.75, 3.05) is 18.0 Å². The summed E-state index contributed by atoms with van der Waals surface area (Å²) < 4.78 is 0. The molecular formula is C16H24N2O2. The van der Waals surface area contributed by atoms with E-state index >= 15 is 0 Å². The second-order valence-corrected chi connectivity index (χ2v) is 5.73. The standard InChI is InChI=1S/C16H24N2O2/c1-2-3-11-18(14-7-5-4-6-8-14)12-16(17,15(19)20)13-9-10-13/h4-8,13H,2-3,9-12,17H2,1H3,(H,19,20). The number of aliphatic carboxylic acids is 1. The lowest BCUT2D eigenvalue weighted by Gasteiger charge is -2.34. The number of rotatable bonds is 8. The van der Waals surface area contributed by atoms with Gasteiger partial charge in [-0.1, -0.05) is 31.5 Å². The van der Waals surface area contributed by atoms with Gasteiger partial charge in [0.1, 0.15) is 5.54 Å². The molecule has 1 saturated carbocycles. The van der Waals surface area contributed by atoms with Gasteiger partial charge in [-0.25, -0.2) is 0 Å². The first-order valence-electron chi connectivity index (χ1n) is 7.40. The monoisotopic (exact) mass is 276 g/mol. The van der Waals surface area contributed by atoms with E-state index in [2.05, 4.69) is 11.8 Å². The Bertz CT molecular complexity index is 445. The fraction of sp³-hybridized carbons (Fsp3) is 0.562. The van der Waals surface area contributed by atoms with Crippen LogP contribution in [0, 0.1) is 5.92 Å². The molecule has 0 aromatic heterocycles. The van der Waals surface area contributed by atoms with Gasteiger partial charge in [0.2, 0.25) is 0 Å². The highest BCUT2D eigenvalue weighted by molar-refractivity contribution is 5.80. The summed E-state index contributed by atoms with van der Waals surface area (Å²) in [6.07, 6.45) is 3.98. The Morgan fingerprint density at radius 2 is 2.05 bits per heavy atom. The van der Waals surface area contributed by atoms with Crippen molar-refractivity contribution in [3.8, 4) is 0 Å². The summed E-state index contributed by atoms with van der Waals surface area (Å²) in [6.45, 7) is 3.37. The molecule has 20 heavy (non-hydrogen) atoms. The van der Waals surface area contributed by atoms with Crippen LogP contribution >= 0.6 is 0 Å². The summed E-state index contributed by atoms with van der Waals surface area (Å²) in [7, 11) is 0. The summed E-state index contributed by atoms with van der Waals surface area (Å²) in [6, 6.07) is 9.96. The highest BCUT2D eigenvalue weighted by Crippen LogP contribution is 2.39. The Kier molecular flexibility index (Phi) is 4.65. The summed E-state index contributed by atoms with van der Waals surface area (Å²) in [5, 5.41) is 9.51. The Labute approximate surface area is 120 Å². The minimum Gasteiger partial charge on any atom is -0.480 e. The number of anilines is 1. The van der Waals surface area contributed by atoms with Crippen LogP contribution in [-0.2, 0) is 4.79 Å². The molecule has 0 saturated heterocycles. The molecule has 1 fully saturated rings. The zero-order chi connectivity index (χ0) is 14.6. The van der Waals surface area contributed by atoms with Gasteiger partial charge in [-0.05, 0) is 37.3 Å². The highest BCUT2D eigenvalue weighted by atomic mass is 16.4. The molecule has 1 aliphatic carbocycles. The largest absolute Gasteiger partial charge is 0.480 e. The van der Waals surface area contributed by atoms with Crippen LogP contribution in [0.25, 0.3) is 0 Å². The second-order valence-electron chi connectivity index (χ2n) is 5.73. The SMILES string of the molecule is CCCCN(CC(N)(C(=O)O)C1CC1)c1ccccc1. The third kappa shape index (κ3) is 3.31. The Morgan fingerprint density at radius 1 is 1.40 bits per heavy atom. The van der Waals surface area contributed by atoms with Crippen LogP contribution < -0.4 is 10.6 Å². The molecule has 4 heteroatoms. The number of benzene rings is 1. The van der Waals surface area contributed by atoms with Crippen molar-refractivity contribution in [1.82, 2.24) is 0 Å². The lowest BCUT2D eigenvalue weighted by molar-refractivity contribution is -0.143. The number of nitrogens with zero attached hydrogens (tertiary/aromatic N) is 1. The maximum atomic E-state index is 11.6. The van der Waals surface area contributed by atoms with E-state index in [1.165, 1.54) is 0 Å². The number of carboxylic acid groups (broad SMARTS) is 1. The normalized spacial score (nSPS) is 17.5. The van der Waals surface area contributed by atoms with Crippen molar-refractivity contribution in [2.24, 2.45) is 11.7 Å². The molecule has 0 aliphatic heterocycles. The molecule has 4 nitrogen and oxygen atoms in total. The molecule has 1 aromatic rings. The molecule has 0 bridgehead atoms. The van der Waals surface area contributed by atoms with Crippen LogP contribution in [-0.4, -0.2) is 29.7 Å². The molecular weight excluding hydrogens is 252 g/mol. The Morgan fingerprint density at radius 3 is 2.55 bits per heavy atom. The Balaban J connectivity index is 2.16. The maximum absolute atomic E-state index is 11.6. The Hall–Kier alpha value is -1.55. The molecule has 1 unspecified atom stereocenters. The first kappa shape index (κ1) is 14.9. The van der Waals surface area contributed by atoms with E-state index in [-0.39, 0.29) is 5.92 Å². The molecule has 1 atom stereocenters. The number of hydrogen-bond acceptors (Lipinski definition) is 3.